The largest absolute Gasteiger partial charge is 0.417 e. The lowest BCUT2D eigenvalue weighted by atomic mass is 10.2. The molecule has 0 radical (unpaired) electrons. The van der Waals surface area contributed by atoms with E-state index >= 15 is 0 Å². The fraction of sp³-hybridized carbons (Fsp3) is 0.200. The van der Waals surface area contributed by atoms with Gasteiger partial charge in [-0.2, -0.15) is 13.2 Å². The molecular weight excluding hydrogens is 287 g/mol. The monoisotopic (exact) mass is 293 g/mol. The second kappa shape index (κ2) is 5.11. The molecule has 1 aromatic heterocycles. The number of aromatic nitrogens is 2. The predicted octanol–water partition coefficient (Wildman–Crippen LogP) is 3.82. The molecule has 18 heavy (non-hydrogen) atoms. The minimum absolute atomic E-state index is 0.315. The molecule has 3 nitrogen and oxygen atoms in total. The van der Waals surface area contributed by atoms with Gasteiger partial charge in [0.2, 0.25) is 0 Å². The van der Waals surface area contributed by atoms with E-state index in [2.05, 4.69) is 14.9 Å². The van der Waals surface area contributed by atoms with Gasteiger partial charge in [-0.25, -0.2) is 0 Å². The lowest BCUT2D eigenvalue weighted by Crippen LogP contribution is -2.07. The highest BCUT2D eigenvalue weighted by Gasteiger charge is 2.33. The van der Waals surface area contributed by atoms with Crippen LogP contribution in [-0.2, 0) is 12.7 Å². The summed E-state index contributed by atoms with van der Waals surface area (Å²) in [5.41, 5.74) is 0.147. The maximum absolute atomic E-state index is 12.6. The van der Waals surface area contributed by atoms with Crippen LogP contribution in [0.3, 0.4) is 0 Å². The number of alkyl halides is 3. The third-order valence-electron chi connectivity index (χ3n) is 2.15. The zero-order valence-corrected chi connectivity index (χ0v) is 10.4. The number of rotatable bonds is 3. The first-order chi connectivity index (χ1) is 8.47. The average molecular weight is 294 g/mol. The molecule has 8 heteroatoms. The molecule has 0 unspecified atom stereocenters. The van der Waals surface area contributed by atoms with Crippen LogP contribution < -0.4 is 5.32 Å². The molecular formula is C10H7ClF3N3S. The highest BCUT2D eigenvalue weighted by molar-refractivity contribution is 7.03. The van der Waals surface area contributed by atoms with Crippen LogP contribution in [-0.4, -0.2) is 9.59 Å². The Bertz CT molecular complexity index is 528. The molecule has 1 aromatic carbocycles. The van der Waals surface area contributed by atoms with Crippen molar-refractivity contribution in [1.82, 2.24) is 9.59 Å². The van der Waals surface area contributed by atoms with E-state index in [1.807, 2.05) is 0 Å². The molecule has 0 aliphatic rings. The first-order valence-electron chi connectivity index (χ1n) is 4.83. The van der Waals surface area contributed by atoms with E-state index in [-0.39, 0.29) is 5.02 Å². The first kappa shape index (κ1) is 13.1. The number of anilines is 1. The number of hydrogen-bond acceptors (Lipinski definition) is 4. The van der Waals surface area contributed by atoms with E-state index in [4.69, 9.17) is 11.6 Å². The van der Waals surface area contributed by atoms with Crippen molar-refractivity contribution in [3.63, 3.8) is 0 Å². The Hall–Kier alpha value is -1.34. The van der Waals surface area contributed by atoms with Gasteiger partial charge in [-0.05, 0) is 29.7 Å². The van der Waals surface area contributed by atoms with Crippen LogP contribution in [0.5, 0.6) is 0 Å². The highest BCUT2D eigenvalue weighted by Crippen LogP contribution is 2.36. The van der Waals surface area contributed by atoms with Gasteiger partial charge in [0.25, 0.3) is 0 Å². The summed E-state index contributed by atoms with van der Waals surface area (Å²) in [6, 6.07) is 3.67. The molecule has 1 heterocycles. The van der Waals surface area contributed by atoms with Gasteiger partial charge in [0.05, 0.1) is 22.8 Å². The van der Waals surface area contributed by atoms with Crippen molar-refractivity contribution in [3.05, 3.63) is 39.9 Å². The quantitative estimate of drug-likeness (QED) is 0.935. The number of nitrogens with one attached hydrogen (secondary N) is 1. The number of benzene rings is 1. The van der Waals surface area contributed by atoms with E-state index in [9.17, 15) is 13.2 Å². The summed E-state index contributed by atoms with van der Waals surface area (Å²) in [7, 11) is 0. The van der Waals surface area contributed by atoms with E-state index in [1.165, 1.54) is 23.7 Å². The Morgan fingerprint density at radius 2 is 2.11 bits per heavy atom. The molecule has 0 atom stereocenters. The number of hydrogen-bond donors (Lipinski definition) is 1. The fourth-order valence-electron chi connectivity index (χ4n) is 1.31. The summed E-state index contributed by atoms with van der Waals surface area (Å²) in [5, 5.41) is 8.01. The van der Waals surface area contributed by atoms with Crippen LogP contribution in [0, 0.1) is 0 Å². The highest BCUT2D eigenvalue weighted by atomic mass is 35.5. The molecule has 0 saturated carbocycles. The minimum Gasteiger partial charge on any atom is -0.379 e. The molecule has 0 spiro atoms. The normalized spacial score (nSPS) is 11.6. The molecule has 0 bridgehead atoms. The zero-order valence-electron chi connectivity index (χ0n) is 8.83. The molecule has 96 valence electrons. The van der Waals surface area contributed by atoms with Gasteiger partial charge in [0.1, 0.15) is 0 Å². The maximum atomic E-state index is 12.6. The van der Waals surface area contributed by atoms with Gasteiger partial charge in [0, 0.05) is 11.1 Å². The Morgan fingerprint density at radius 3 is 2.72 bits per heavy atom. The topological polar surface area (TPSA) is 37.8 Å². The smallest absolute Gasteiger partial charge is 0.379 e. The lowest BCUT2D eigenvalue weighted by molar-refractivity contribution is -0.137. The Kier molecular flexibility index (Phi) is 3.72. The van der Waals surface area contributed by atoms with E-state index in [0.717, 1.165) is 6.07 Å². The van der Waals surface area contributed by atoms with Crippen LogP contribution in [0.2, 0.25) is 5.02 Å². The Morgan fingerprint density at radius 1 is 1.33 bits per heavy atom. The summed E-state index contributed by atoms with van der Waals surface area (Å²) in [4.78, 5) is 0. The third kappa shape index (κ3) is 3.11. The average Bonchev–Trinajstić information content (AvgIpc) is 2.79. The Balaban J connectivity index is 2.15. The van der Waals surface area contributed by atoms with Crippen molar-refractivity contribution in [2.75, 3.05) is 5.32 Å². The van der Waals surface area contributed by atoms with Gasteiger partial charge in [-0.1, -0.05) is 16.1 Å². The number of nitrogens with zero attached hydrogens (tertiary/aromatic N) is 2. The Labute approximate surface area is 110 Å². The van der Waals surface area contributed by atoms with Crippen LogP contribution >= 0.6 is 23.1 Å². The van der Waals surface area contributed by atoms with E-state index in [1.54, 1.807) is 5.38 Å². The maximum Gasteiger partial charge on any atom is 0.417 e. The van der Waals surface area contributed by atoms with Crippen molar-refractivity contribution >= 4 is 28.8 Å². The minimum atomic E-state index is -4.46. The zero-order chi connectivity index (χ0) is 13.2. The second-order valence-electron chi connectivity index (χ2n) is 3.44. The third-order valence-corrected chi connectivity index (χ3v) is 3.03. The second-order valence-corrected chi connectivity index (χ2v) is 4.46. The number of halogens is 4. The van der Waals surface area contributed by atoms with E-state index in [0.29, 0.717) is 17.9 Å². The van der Waals surface area contributed by atoms with E-state index < -0.39 is 11.7 Å². The standard InChI is InChI=1S/C10H7ClF3N3S/c11-9-2-1-6(3-8(9)10(12,13)14)15-4-7-5-18-17-16-7/h1-3,5,15H,4H2. The van der Waals surface area contributed by atoms with Crippen LogP contribution in [0.4, 0.5) is 18.9 Å². The summed E-state index contributed by atoms with van der Waals surface area (Å²) in [5.74, 6) is 0. The van der Waals surface area contributed by atoms with Crippen LogP contribution in [0.15, 0.2) is 23.6 Å². The SMILES string of the molecule is FC(F)(F)c1cc(NCc2csnn2)ccc1Cl. The summed E-state index contributed by atoms with van der Waals surface area (Å²) >= 11 is 6.69. The first-order valence-corrected chi connectivity index (χ1v) is 6.05. The molecule has 0 aliphatic carbocycles. The molecule has 0 fully saturated rings. The van der Waals surface area contributed by atoms with Crippen molar-refractivity contribution < 1.29 is 13.2 Å². The van der Waals surface area contributed by atoms with Crippen molar-refractivity contribution in [1.29, 1.82) is 0 Å². The lowest BCUT2D eigenvalue weighted by Gasteiger charge is -2.11. The van der Waals surface area contributed by atoms with Crippen LogP contribution in [0.1, 0.15) is 11.3 Å². The van der Waals surface area contributed by atoms with Crippen molar-refractivity contribution in [3.8, 4) is 0 Å². The molecule has 0 amide bonds. The van der Waals surface area contributed by atoms with Crippen molar-refractivity contribution in [2.45, 2.75) is 12.7 Å². The van der Waals surface area contributed by atoms with Gasteiger partial charge >= 0.3 is 6.18 Å². The van der Waals surface area contributed by atoms with Crippen molar-refractivity contribution in [2.24, 2.45) is 0 Å². The molecule has 0 saturated heterocycles. The summed E-state index contributed by atoms with van der Waals surface area (Å²) in [6.45, 7) is 0.315. The van der Waals surface area contributed by atoms with Gasteiger partial charge in [-0.3, -0.25) is 0 Å². The van der Waals surface area contributed by atoms with Gasteiger partial charge in [-0.15, -0.1) is 5.10 Å². The fourth-order valence-corrected chi connectivity index (χ4v) is 1.98. The van der Waals surface area contributed by atoms with Crippen LogP contribution in [0.25, 0.3) is 0 Å². The van der Waals surface area contributed by atoms with Gasteiger partial charge in [0.15, 0.2) is 0 Å². The molecule has 2 rings (SSSR count). The molecule has 1 N–H and O–H groups in total. The van der Waals surface area contributed by atoms with Gasteiger partial charge < -0.3 is 5.32 Å². The predicted molar refractivity (Wildman–Crippen MR) is 63.7 cm³/mol. The molecule has 0 aliphatic heterocycles. The summed E-state index contributed by atoms with van der Waals surface area (Å²) < 4.78 is 41.5. The molecule has 2 aromatic rings. The summed E-state index contributed by atoms with van der Waals surface area (Å²) in [6.07, 6.45) is -4.46.